The van der Waals surface area contributed by atoms with E-state index in [1.54, 1.807) is 6.08 Å². The maximum atomic E-state index is 13.1. The van der Waals surface area contributed by atoms with Gasteiger partial charge in [0.1, 0.15) is 24.4 Å². The van der Waals surface area contributed by atoms with Crippen LogP contribution in [0.5, 0.6) is 0 Å². The summed E-state index contributed by atoms with van der Waals surface area (Å²) in [5, 5.41) is 54.5. The molecule has 0 spiro atoms. The van der Waals surface area contributed by atoms with Crippen LogP contribution in [0.2, 0.25) is 0 Å². The van der Waals surface area contributed by atoms with Crippen molar-refractivity contribution in [3.63, 3.8) is 0 Å². The molecule has 67 heavy (non-hydrogen) atoms. The smallest absolute Gasteiger partial charge is 0.220 e. The molecule has 1 rings (SSSR count). The molecule has 396 valence electrons. The fourth-order valence-electron chi connectivity index (χ4n) is 9.39. The van der Waals surface area contributed by atoms with Gasteiger partial charge in [0.2, 0.25) is 5.91 Å². The first-order valence-electron chi connectivity index (χ1n) is 29.1. The Hall–Kier alpha value is -1.33. The Labute approximate surface area is 413 Å². The molecule has 1 saturated heterocycles. The van der Waals surface area contributed by atoms with Crippen molar-refractivity contribution < 1.29 is 39.8 Å². The molecule has 0 bridgehead atoms. The largest absolute Gasteiger partial charge is 0.394 e. The number of nitrogens with one attached hydrogen (secondary N) is 1. The highest BCUT2D eigenvalue weighted by atomic mass is 16.7. The second kappa shape index (κ2) is 48.3. The molecule has 6 N–H and O–H groups in total. The van der Waals surface area contributed by atoms with Crippen molar-refractivity contribution in [3.8, 4) is 0 Å². The minimum Gasteiger partial charge on any atom is -0.394 e. The van der Waals surface area contributed by atoms with E-state index in [1.165, 1.54) is 225 Å². The van der Waals surface area contributed by atoms with E-state index in [2.05, 4.69) is 31.3 Å². The highest BCUT2D eigenvalue weighted by molar-refractivity contribution is 5.76. The number of ether oxygens (including phenoxy) is 2. The molecule has 1 fully saturated rings. The van der Waals surface area contributed by atoms with Gasteiger partial charge in [0.05, 0.1) is 25.4 Å². The molecule has 7 atom stereocenters. The molecular formula is C58H111NO8. The quantitative estimate of drug-likeness (QED) is 0.0261. The molecule has 0 saturated carbocycles. The first kappa shape index (κ1) is 63.7. The minimum absolute atomic E-state index is 0.175. The number of carbonyl (C=O) groups is 1. The zero-order chi connectivity index (χ0) is 48.7. The molecule has 0 aromatic rings. The zero-order valence-electron chi connectivity index (χ0n) is 43.9. The molecule has 1 amide bonds. The Bertz CT molecular complexity index is 1100. The lowest BCUT2D eigenvalue weighted by Crippen LogP contribution is -2.60. The van der Waals surface area contributed by atoms with Crippen LogP contribution in [0.25, 0.3) is 0 Å². The summed E-state index contributed by atoms with van der Waals surface area (Å²) in [5.74, 6) is -0.175. The summed E-state index contributed by atoms with van der Waals surface area (Å²) in [6.45, 7) is 3.81. The van der Waals surface area contributed by atoms with Gasteiger partial charge >= 0.3 is 0 Å². The summed E-state index contributed by atoms with van der Waals surface area (Å²) < 4.78 is 11.3. The van der Waals surface area contributed by atoms with Gasteiger partial charge in [-0.05, 0) is 44.9 Å². The van der Waals surface area contributed by atoms with Crippen LogP contribution in [-0.4, -0.2) is 87.5 Å². The van der Waals surface area contributed by atoms with Crippen molar-refractivity contribution in [1.29, 1.82) is 0 Å². The topological polar surface area (TPSA) is 149 Å². The predicted octanol–water partition coefficient (Wildman–Crippen LogP) is 14.2. The molecule has 0 aromatic heterocycles. The fourth-order valence-corrected chi connectivity index (χ4v) is 9.39. The number of hydrogen-bond donors (Lipinski definition) is 6. The summed E-state index contributed by atoms with van der Waals surface area (Å²) in [6, 6.07) is -0.804. The van der Waals surface area contributed by atoms with E-state index in [9.17, 15) is 30.3 Å². The highest BCUT2D eigenvalue weighted by Gasteiger charge is 2.44. The number of allylic oxidation sites excluding steroid dienone is 3. The highest BCUT2D eigenvalue weighted by Crippen LogP contribution is 2.23. The maximum Gasteiger partial charge on any atom is 0.220 e. The van der Waals surface area contributed by atoms with Crippen molar-refractivity contribution >= 4 is 5.91 Å². The summed E-state index contributed by atoms with van der Waals surface area (Å²) in [5.41, 5.74) is 0. The maximum absolute atomic E-state index is 13.1. The van der Waals surface area contributed by atoms with Crippen LogP contribution in [0, 0.1) is 0 Å². The van der Waals surface area contributed by atoms with Crippen LogP contribution in [-0.2, 0) is 14.3 Å². The van der Waals surface area contributed by atoms with Crippen molar-refractivity contribution in [2.24, 2.45) is 0 Å². The van der Waals surface area contributed by atoms with Gasteiger partial charge in [-0.25, -0.2) is 0 Å². The van der Waals surface area contributed by atoms with E-state index >= 15 is 0 Å². The lowest BCUT2D eigenvalue weighted by molar-refractivity contribution is -0.302. The molecule has 0 aliphatic carbocycles. The van der Waals surface area contributed by atoms with Gasteiger partial charge in [0.15, 0.2) is 6.29 Å². The molecule has 0 aromatic carbocycles. The third-order valence-corrected chi connectivity index (χ3v) is 14.0. The lowest BCUT2D eigenvalue weighted by Gasteiger charge is -2.40. The number of aliphatic hydroxyl groups is 5. The molecule has 0 radical (unpaired) electrons. The molecular weight excluding hydrogens is 839 g/mol. The van der Waals surface area contributed by atoms with Gasteiger partial charge in [-0.2, -0.15) is 0 Å². The molecule has 9 nitrogen and oxygen atoms in total. The van der Waals surface area contributed by atoms with Crippen molar-refractivity contribution in [3.05, 3.63) is 24.3 Å². The Morgan fingerprint density at radius 2 is 0.836 bits per heavy atom. The number of unbranched alkanes of at least 4 members (excludes halogenated alkanes) is 38. The van der Waals surface area contributed by atoms with Crippen molar-refractivity contribution in [2.75, 3.05) is 13.2 Å². The summed E-state index contributed by atoms with van der Waals surface area (Å²) in [7, 11) is 0. The second-order valence-corrected chi connectivity index (χ2v) is 20.4. The second-order valence-electron chi connectivity index (χ2n) is 20.4. The van der Waals surface area contributed by atoms with Crippen LogP contribution in [0.15, 0.2) is 24.3 Å². The minimum atomic E-state index is -1.57. The third-order valence-electron chi connectivity index (χ3n) is 14.0. The monoisotopic (exact) mass is 950 g/mol. The SMILES string of the molecule is CCCCCCCCCC/C=C\CCCCCCCCCCCC(=O)NC(COC1OC(CO)C(O)C(O)C1O)C(O)/C=C/CCCCCCCCCCCCCCCCCCCCCCC. The first-order chi connectivity index (χ1) is 32.8. The third kappa shape index (κ3) is 38.1. The Morgan fingerprint density at radius 1 is 0.493 bits per heavy atom. The molecule has 1 aliphatic rings. The van der Waals surface area contributed by atoms with E-state index < -0.39 is 49.5 Å². The van der Waals surface area contributed by atoms with Crippen LogP contribution >= 0.6 is 0 Å². The fraction of sp³-hybridized carbons (Fsp3) is 0.914. The Kier molecular flexibility index (Phi) is 45.9. The number of hydrogen-bond acceptors (Lipinski definition) is 8. The van der Waals surface area contributed by atoms with Crippen LogP contribution in [0.3, 0.4) is 0 Å². The van der Waals surface area contributed by atoms with Crippen LogP contribution in [0.1, 0.15) is 284 Å². The lowest BCUT2D eigenvalue weighted by atomic mass is 9.99. The van der Waals surface area contributed by atoms with Gasteiger partial charge < -0.3 is 40.3 Å². The Balaban J connectivity index is 2.23. The summed E-state index contributed by atoms with van der Waals surface area (Å²) in [4.78, 5) is 13.1. The summed E-state index contributed by atoms with van der Waals surface area (Å²) >= 11 is 0. The predicted molar refractivity (Wildman–Crippen MR) is 281 cm³/mol. The van der Waals surface area contributed by atoms with Crippen molar-refractivity contribution in [2.45, 2.75) is 326 Å². The van der Waals surface area contributed by atoms with Crippen LogP contribution < -0.4 is 5.32 Å². The Morgan fingerprint density at radius 3 is 1.21 bits per heavy atom. The van der Waals surface area contributed by atoms with E-state index in [0.29, 0.717) is 6.42 Å². The summed E-state index contributed by atoms with van der Waals surface area (Å²) in [6.07, 6.45) is 53.8. The average molecular weight is 951 g/mol. The van der Waals surface area contributed by atoms with E-state index in [0.717, 1.165) is 38.5 Å². The first-order valence-corrected chi connectivity index (χ1v) is 29.1. The van der Waals surface area contributed by atoms with Gasteiger partial charge in [0.25, 0.3) is 0 Å². The van der Waals surface area contributed by atoms with E-state index in [-0.39, 0.29) is 12.5 Å². The van der Waals surface area contributed by atoms with Gasteiger partial charge in [-0.3, -0.25) is 4.79 Å². The van der Waals surface area contributed by atoms with Gasteiger partial charge in [0, 0.05) is 6.42 Å². The molecule has 1 aliphatic heterocycles. The normalized spacial score (nSPS) is 19.8. The van der Waals surface area contributed by atoms with E-state index in [4.69, 9.17) is 9.47 Å². The average Bonchev–Trinajstić information content (AvgIpc) is 3.33. The van der Waals surface area contributed by atoms with Gasteiger partial charge in [-0.1, -0.05) is 256 Å². The van der Waals surface area contributed by atoms with Gasteiger partial charge in [-0.15, -0.1) is 0 Å². The van der Waals surface area contributed by atoms with E-state index in [1.807, 2.05) is 6.08 Å². The zero-order valence-corrected chi connectivity index (χ0v) is 43.9. The standard InChI is InChI=1S/C58H111NO8/c1-3-5-7-9-11-13-15-17-19-21-23-25-26-28-29-31-33-35-37-39-41-43-45-47-52(61)51(50-66-58-57(65)56(64)55(63)53(49-60)67-58)59-54(62)48-46-44-42-40-38-36-34-32-30-27-24-22-20-18-16-14-12-10-8-6-4-2/h22,24,45,47,51-53,55-58,60-61,63-65H,3-21,23,25-44,46,48-50H2,1-2H3,(H,59,62)/b24-22-,47-45+. The molecule has 1 heterocycles. The number of aliphatic hydroxyl groups excluding tert-OH is 5. The molecule has 9 heteroatoms. The molecule has 7 unspecified atom stereocenters. The van der Waals surface area contributed by atoms with Crippen LogP contribution in [0.4, 0.5) is 0 Å². The number of amides is 1. The van der Waals surface area contributed by atoms with Crippen molar-refractivity contribution in [1.82, 2.24) is 5.32 Å². The number of carbonyl (C=O) groups excluding carboxylic acids is 1. The number of rotatable bonds is 50.